The van der Waals surface area contributed by atoms with Crippen molar-refractivity contribution in [3.8, 4) is 17.3 Å². The molecule has 0 fully saturated rings. The fourth-order valence-corrected chi connectivity index (χ4v) is 7.27. The van der Waals surface area contributed by atoms with E-state index in [2.05, 4.69) is 54.1 Å². The van der Waals surface area contributed by atoms with Gasteiger partial charge in [-0.15, -0.1) is 19.7 Å². The maximum absolute atomic E-state index is 12.7. The van der Waals surface area contributed by atoms with Crippen LogP contribution in [-0.4, -0.2) is 82.3 Å². The van der Waals surface area contributed by atoms with Crippen molar-refractivity contribution < 1.29 is 86.2 Å². The van der Waals surface area contributed by atoms with E-state index in [9.17, 15) is 41.7 Å². The minimum Gasteiger partial charge on any atom is -0.505 e. The number of carbonyl (C=O) groups is 2. The molecule has 0 bridgehead atoms. The Balaban J connectivity index is 0.00000771. The molecule has 0 aliphatic rings. The number of phenolic OH excluding ortho intramolecular Hbond substituents is 1. The molecule has 0 saturated carbocycles. The van der Waals surface area contributed by atoms with E-state index >= 15 is 0 Å². The van der Waals surface area contributed by atoms with Crippen LogP contribution in [0.3, 0.4) is 0 Å². The summed E-state index contributed by atoms with van der Waals surface area (Å²) in [5, 5.41) is 66.2. The zero-order valence-electron chi connectivity index (χ0n) is 33.0. The number of esters is 1. The van der Waals surface area contributed by atoms with Crippen molar-refractivity contribution in [3.63, 3.8) is 0 Å². The van der Waals surface area contributed by atoms with Gasteiger partial charge < -0.3 is 20.1 Å². The number of aromatic carboxylic acids is 1. The summed E-state index contributed by atoms with van der Waals surface area (Å²) >= 11 is 0.571. The van der Waals surface area contributed by atoms with Gasteiger partial charge in [0, 0.05) is 22.5 Å². The third-order valence-corrected chi connectivity index (χ3v) is 11.6. The van der Waals surface area contributed by atoms with Gasteiger partial charge in [0.15, 0.2) is 11.4 Å². The second kappa shape index (κ2) is 20.8. The van der Waals surface area contributed by atoms with Crippen LogP contribution in [0.5, 0.6) is 11.6 Å². The van der Waals surface area contributed by atoms with Crippen LogP contribution >= 0.6 is 12.0 Å². The van der Waals surface area contributed by atoms with E-state index in [4.69, 9.17) is 9.07 Å². The number of fused-ring (bicyclic) bond motifs is 1. The standard InChI is InChI=1S/C37H30N8O15S3.Cu/c1-55-37(50)33-32(35(47)45(44-33)24-11-13-25(14-12-24)62(51,52)57-3)43-40-22-9-8-20-16-30(61-60-59-56-2)31(34(46)27(20)18-22)42-41-29-15-10-23(19-28(29)36(48)49)39-38-21-6-5-7-26(17-21)63(53,54)58-4;/h5-19,46-47H,1-4H3,(H,48,49);. The number of carboxylic acids is 1. The van der Waals surface area contributed by atoms with Crippen LogP contribution < -0.4 is 0 Å². The third kappa shape index (κ3) is 10.8. The van der Waals surface area contributed by atoms with Crippen LogP contribution in [0.25, 0.3) is 16.5 Å². The van der Waals surface area contributed by atoms with E-state index in [1.807, 2.05) is 0 Å². The predicted molar refractivity (Wildman–Crippen MR) is 218 cm³/mol. The fourth-order valence-electron chi connectivity index (χ4n) is 5.36. The second-order valence-electron chi connectivity index (χ2n) is 12.1. The van der Waals surface area contributed by atoms with Gasteiger partial charge in [-0.2, -0.15) is 42.0 Å². The first-order valence-corrected chi connectivity index (χ1v) is 20.8. The van der Waals surface area contributed by atoms with Gasteiger partial charge in [0.25, 0.3) is 20.2 Å². The van der Waals surface area contributed by atoms with Crippen molar-refractivity contribution in [1.82, 2.24) is 9.78 Å². The molecular weight excluding hydrogens is 956 g/mol. The van der Waals surface area contributed by atoms with E-state index in [1.165, 1.54) is 92.0 Å². The van der Waals surface area contributed by atoms with Gasteiger partial charge >= 0.3 is 11.9 Å². The number of phenols is 1. The fraction of sp³-hybridized carbons (Fsp3) is 0.108. The zero-order valence-corrected chi connectivity index (χ0v) is 36.4. The van der Waals surface area contributed by atoms with Crippen LogP contribution in [0, 0.1) is 0 Å². The summed E-state index contributed by atoms with van der Waals surface area (Å²) in [5.74, 6) is -3.54. The number of hydrogen-bond donors (Lipinski definition) is 3. The molecular formula is C37H30CuN8O15S3. The largest absolute Gasteiger partial charge is 0.505 e. The molecule has 0 aliphatic heterocycles. The van der Waals surface area contributed by atoms with Crippen molar-refractivity contribution >= 4 is 89.1 Å². The molecule has 3 N–H and O–H groups in total. The molecule has 5 aromatic carbocycles. The van der Waals surface area contributed by atoms with Gasteiger partial charge in [-0.1, -0.05) is 17.2 Å². The van der Waals surface area contributed by atoms with Gasteiger partial charge in [0.2, 0.25) is 11.6 Å². The molecule has 1 heterocycles. The van der Waals surface area contributed by atoms with E-state index in [-0.39, 0.29) is 76.8 Å². The van der Waals surface area contributed by atoms with Crippen molar-refractivity contribution in [1.29, 1.82) is 0 Å². The Hall–Kier alpha value is -6.52. The Labute approximate surface area is 376 Å². The van der Waals surface area contributed by atoms with Crippen LogP contribution in [0.15, 0.2) is 136 Å². The molecule has 0 aliphatic carbocycles. The molecule has 64 heavy (non-hydrogen) atoms. The molecule has 1 radical (unpaired) electrons. The smallest absolute Gasteiger partial charge is 0.361 e. The number of aromatic nitrogens is 2. The van der Waals surface area contributed by atoms with Crippen molar-refractivity contribution in [2.24, 2.45) is 30.7 Å². The van der Waals surface area contributed by atoms with Crippen LogP contribution in [-0.2, 0) is 64.7 Å². The molecule has 23 nitrogen and oxygen atoms in total. The Morgan fingerprint density at radius 3 is 1.98 bits per heavy atom. The molecule has 27 heteroatoms. The maximum Gasteiger partial charge on any atom is 0.361 e. The van der Waals surface area contributed by atoms with Gasteiger partial charge in [-0.3, -0.25) is 8.37 Å². The van der Waals surface area contributed by atoms with E-state index in [1.54, 1.807) is 0 Å². The molecule has 1 aromatic heterocycles. The van der Waals surface area contributed by atoms with Crippen LogP contribution in [0.4, 0.5) is 34.1 Å². The van der Waals surface area contributed by atoms with E-state index in [0.717, 1.165) is 32.1 Å². The Morgan fingerprint density at radius 1 is 0.703 bits per heavy atom. The molecule has 0 spiro atoms. The minimum absolute atomic E-state index is 0. The molecule has 0 amide bonds. The topological polar surface area (TPSA) is 310 Å². The number of rotatable bonds is 17. The van der Waals surface area contributed by atoms with Gasteiger partial charge in [0.1, 0.15) is 11.4 Å². The molecule has 6 rings (SSSR count). The number of azo groups is 3. The Bertz CT molecular complexity index is 3060. The summed E-state index contributed by atoms with van der Waals surface area (Å²) in [7, 11) is -3.75. The van der Waals surface area contributed by atoms with E-state index < -0.39 is 55.2 Å². The molecule has 0 saturated heterocycles. The average molecular weight is 986 g/mol. The summed E-state index contributed by atoms with van der Waals surface area (Å²) in [4.78, 5) is 29.2. The number of aromatic hydroxyl groups is 2. The van der Waals surface area contributed by atoms with Crippen molar-refractivity contribution in [2.45, 2.75) is 14.7 Å². The summed E-state index contributed by atoms with van der Waals surface area (Å²) in [5.41, 5.74) is -1.18. The first-order chi connectivity index (χ1) is 30.1. The maximum atomic E-state index is 12.7. The Morgan fingerprint density at radius 2 is 1.33 bits per heavy atom. The normalized spacial score (nSPS) is 12.1. The summed E-state index contributed by atoms with van der Waals surface area (Å²) in [6.45, 7) is 0. The number of nitrogens with zero attached hydrogens (tertiary/aromatic N) is 8. The molecule has 337 valence electrons. The van der Waals surface area contributed by atoms with Crippen molar-refractivity contribution in [2.75, 3.05) is 28.4 Å². The van der Waals surface area contributed by atoms with Gasteiger partial charge in [0.05, 0.1) is 83.5 Å². The zero-order chi connectivity index (χ0) is 45.5. The molecule has 0 unspecified atom stereocenters. The van der Waals surface area contributed by atoms with Gasteiger partial charge in [-0.25, -0.2) is 14.5 Å². The number of ether oxygens (including phenoxy) is 1. The van der Waals surface area contributed by atoms with Crippen LogP contribution in [0.1, 0.15) is 20.8 Å². The van der Waals surface area contributed by atoms with Crippen molar-refractivity contribution in [3.05, 3.63) is 102 Å². The Kier molecular flexibility index (Phi) is 15.7. The monoisotopic (exact) mass is 985 g/mol. The first kappa shape index (κ1) is 48.5. The summed E-state index contributed by atoms with van der Waals surface area (Å²) < 4.78 is 68.0. The molecule has 6 aromatic rings. The number of benzene rings is 5. The summed E-state index contributed by atoms with van der Waals surface area (Å²) in [6, 6.07) is 20.2. The molecule has 0 atom stereocenters. The van der Waals surface area contributed by atoms with Gasteiger partial charge in [-0.05, 0) is 84.2 Å². The average Bonchev–Trinajstić information content (AvgIpc) is 3.62. The van der Waals surface area contributed by atoms with Crippen LogP contribution in [0.2, 0.25) is 0 Å². The predicted octanol–water partition coefficient (Wildman–Crippen LogP) is 8.35. The minimum atomic E-state index is -4.02. The number of carboxylic acid groups (broad SMARTS) is 1. The second-order valence-corrected chi connectivity index (χ2v) is 16.3. The third-order valence-electron chi connectivity index (χ3n) is 8.40. The first-order valence-electron chi connectivity index (χ1n) is 17.3. The number of methoxy groups -OCH3 is 1. The summed E-state index contributed by atoms with van der Waals surface area (Å²) in [6.07, 6.45) is 0. The SMILES string of the molecule is COOOSc1cc2ccc(N=Nc3c(C(=O)OC)nn(-c4ccc(S(=O)(=O)OC)cc4)c3O)cc2c(O)c1N=Nc1ccc(N=Nc2cccc(S(=O)(=O)OC)c2)cc1C(=O)O.[Cu]. The van der Waals surface area contributed by atoms with E-state index in [0.29, 0.717) is 17.4 Å². The number of hydrogen-bond acceptors (Lipinski definition) is 22. The quantitative estimate of drug-likeness (QED) is 0.0113. The number of carbonyl (C=O) groups excluding carboxylic acids is 1.